The number of para-hydroxylation sites is 1. The van der Waals surface area contributed by atoms with Crippen LogP contribution in [0.25, 0.3) is 11.1 Å². The maximum absolute atomic E-state index is 13.0. The average molecular weight is 519 g/mol. The molecule has 0 spiro atoms. The van der Waals surface area contributed by atoms with Crippen LogP contribution in [0.5, 0.6) is 5.75 Å². The third-order valence-electron chi connectivity index (χ3n) is 5.67. The summed E-state index contributed by atoms with van der Waals surface area (Å²) in [7, 11) is -3.59. The quantitative estimate of drug-likeness (QED) is 0.290. The molecule has 1 amide bonds. The molecule has 0 aliphatic heterocycles. The van der Waals surface area contributed by atoms with Crippen LogP contribution >= 0.6 is 0 Å². The van der Waals surface area contributed by atoms with Crippen LogP contribution in [-0.2, 0) is 16.6 Å². The van der Waals surface area contributed by atoms with Gasteiger partial charge in [0.1, 0.15) is 18.2 Å². The van der Waals surface area contributed by atoms with E-state index in [0.29, 0.717) is 17.0 Å². The van der Waals surface area contributed by atoms with Crippen LogP contribution < -0.4 is 14.4 Å². The van der Waals surface area contributed by atoms with Crippen LogP contribution in [0, 0.1) is 5.82 Å². The molecular weight excluding hydrogens is 491 g/mol. The van der Waals surface area contributed by atoms with Crippen molar-refractivity contribution < 1.29 is 22.3 Å². The van der Waals surface area contributed by atoms with Gasteiger partial charge in [-0.2, -0.15) is 0 Å². The Labute approximate surface area is 216 Å². The number of rotatable bonds is 10. The highest BCUT2D eigenvalue weighted by Gasteiger charge is 2.21. The van der Waals surface area contributed by atoms with Crippen molar-refractivity contribution in [2.45, 2.75) is 6.54 Å². The van der Waals surface area contributed by atoms with Gasteiger partial charge in [-0.3, -0.25) is 9.10 Å². The second-order valence-electron chi connectivity index (χ2n) is 8.41. The normalized spacial score (nSPS) is 11.1. The van der Waals surface area contributed by atoms with Crippen LogP contribution in [0.1, 0.15) is 15.9 Å². The van der Waals surface area contributed by atoms with Crippen molar-refractivity contribution in [3.63, 3.8) is 0 Å². The third-order valence-corrected chi connectivity index (χ3v) is 6.80. The van der Waals surface area contributed by atoms with Crippen molar-refractivity contribution in [1.82, 2.24) is 5.32 Å². The molecule has 1 N–H and O–H groups in total. The first-order valence-electron chi connectivity index (χ1n) is 11.7. The summed E-state index contributed by atoms with van der Waals surface area (Å²) in [6.45, 7) is 0.631. The summed E-state index contributed by atoms with van der Waals surface area (Å²) in [6, 6.07) is 29.5. The molecule has 0 aliphatic carbocycles. The fourth-order valence-electron chi connectivity index (χ4n) is 3.83. The van der Waals surface area contributed by atoms with Crippen LogP contribution in [-0.4, -0.2) is 33.7 Å². The maximum atomic E-state index is 13.0. The Kier molecular flexibility index (Phi) is 8.20. The Morgan fingerprint density at radius 2 is 1.51 bits per heavy atom. The van der Waals surface area contributed by atoms with Gasteiger partial charge in [0.25, 0.3) is 5.91 Å². The molecule has 4 aromatic rings. The minimum atomic E-state index is -3.59. The Morgan fingerprint density at radius 3 is 2.19 bits per heavy atom. The number of ether oxygens (including phenoxy) is 1. The fraction of sp³-hybridized carbons (Fsp3) is 0.138. The minimum absolute atomic E-state index is 0.121. The minimum Gasteiger partial charge on any atom is -0.492 e. The van der Waals surface area contributed by atoms with E-state index in [0.717, 1.165) is 16.7 Å². The zero-order valence-electron chi connectivity index (χ0n) is 20.3. The largest absolute Gasteiger partial charge is 0.492 e. The van der Waals surface area contributed by atoms with E-state index in [1.54, 1.807) is 30.3 Å². The average Bonchev–Trinajstić information content (AvgIpc) is 2.91. The number of carbonyl (C=O) groups is 1. The van der Waals surface area contributed by atoms with Crippen LogP contribution in [0.2, 0.25) is 0 Å². The number of halogens is 1. The van der Waals surface area contributed by atoms with Crippen molar-refractivity contribution in [3.8, 4) is 16.9 Å². The lowest BCUT2D eigenvalue weighted by Crippen LogP contribution is -2.30. The zero-order chi connectivity index (χ0) is 26.3. The summed E-state index contributed by atoms with van der Waals surface area (Å²) < 4.78 is 45.4. The van der Waals surface area contributed by atoms with Gasteiger partial charge in [-0.15, -0.1) is 0 Å². The van der Waals surface area contributed by atoms with E-state index in [9.17, 15) is 17.6 Å². The molecule has 0 saturated heterocycles. The second-order valence-corrected chi connectivity index (χ2v) is 10.3. The van der Waals surface area contributed by atoms with Gasteiger partial charge in [0.15, 0.2) is 0 Å². The molecule has 0 aromatic heterocycles. The SMILES string of the molecule is CS(=O)(=O)N(Cc1ccc(C(=O)NCCOc2ccc(F)cc2)cc1)c1ccccc1-c1ccccc1. The van der Waals surface area contributed by atoms with E-state index in [4.69, 9.17) is 4.74 Å². The topological polar surface area (TPSA) is 75.7 Å². The van der Waals surface area contributed by atoms with Crippen LogP contribution in [0.15, 0.2) is 103 Å². The first-order chi connectivity index (χ1) is 17.8. The van der Waals surface area contributed by atoms with Gasteiger partial charge < -0.3 is 10.1 Å². The summed E-state index contributed by atoms with van der Waals surface area (Å²) >= 11 is 0. The van der Waals surface area contributed by atoms with E-state index >= 15 is 0 Å². The molecule has 0 bridgehead atoms. The van der Waals surface area contributed by atoms with Gasteiger partial charge in [-0.1, -0.05) is 60.7 Å². The maximum Gasteiger partial charge on any atom is 0.251 e. The van der Waals surface area contributed by atoms with Gasteiger partial charge in [-0.25, -0.2) is 12.8 Å². The van der Waals surface area contributed by atoms with Gasteiger partial charge in [0.05, 0.1) is 25.0 Å². The third kappa shape index (κ3) is 6.95. The monoisotopic (exact) mass is 518 g/mol. The molecule has 37 heavy (non-hydrogen) atoms. The molecule has 8 heteroatoms. The Hall–Kier alpha value is -4.17. The van der Waals surface area contributed by atoms with Crippen molar-refractivity contribution in [2.24, 2.45) is 0 Å². The highest BCUT2D eigenvalue weighted by atomic mass is 32.2. The number of hydrogen-bond acceptors (Lipinski definition) is 4. The van der Waals surface area contributed by atoms with Gasteiger partial charge in [0.2, 0.25) is 10.0 Å². The Morgan fingerprint density at radius 1 is 0.865 bits per heavy atom. The summed E-state index contributed by atoms with van der Waals surface area (Å²) in [4.78, 5) is 12.5. The molecule has 190 valence electrons. The number of benzene rings is 4. The van der Waals surface area contributed by atoms with Crippen molar-refractivity contribution in [1.29, 1.82) is 0 Å². The highest BCUT2D eigenvalue weighted by Crippen LogP contribution is 2.33. The molecule has 4 rings (SSSR count). The number of carbonyl (C=O) groups excluding carboxylic acids is 1. The van der Waals surface area contributed by atoms with Crippen LogP contribution in [0.4, 0.5) is 10.1 Å². The molecule has 0 unspecified atom stereocenters. The first-order valence-corrected chi connectivity index (χ1v) is 13.5. The van der Waals surface area contributed by atoms with E-state index in [2.05, 4.69) is 5.32 Å². The number of anilines is 1. The lowest BCUT2D eigenvalue weighted by molar-refractivity contribution is 0.0947. The van der Waals surface area contributed by atoms with E-state index in [1.807, 2.05) is 48.5 Å². The Balaban J connectivity index is 1.42. The fourth-order valence-corrected chi connectivity index (χ4v) is 4.73. The van der Waals surface area contributed by atoms with Gasteiger partial charge in [-0.05, 0) is 53.6 Å². The molecular formula is C29H27FN2O4S. The molecule has 6 nitrogen and oxygen atoms in total. The van der Waals surface area contributed by atoms with Crippen LogP contribution in [0.3, 0.4) is 0 Å². The molecule has 0 fully saturated rings. The van der Waals surface area contributed by atoms with Gasteiger partial charge >= 0.3 is 0 Å². The number of amides is 1. The second kappa shape index (κ2) is 11.7. The summed E-state index contributed by atoms with van der Waals surface area (Å²) in [5, 5.41) is 2.77. The summed E-state index contributed by atoms with van der Waals surface area (Å²) in [5.74, 6) is -0.0999. The van der Waals surface area contributed by atoms with E-state index in [1.165, 1.54) is 34.8 Å². The first kappa shape index (κ1) is 25.9. The highest BCUT2D eigenvalue weighted by molar-refractivity contribution is 7.92. The summed E-state index contributed by atoms with van der Waals surface area (Å²) in [5.41, 5.74) is 3.50. The van der Waals surface area contributed by atoms with E-state index in [-0.39, 0.29) is 31.4 Å². The number of sulfonamides is 1. The molecule has 0 saturated carbocycles. The zero-order valence-corrected chi connectivity index (χ0v) is 21.1. The molecule has 0 aliphatic rings. The van der Waals surface area contributed by atoms with Crippen molar-refractivity contribution in [2.75, 3.05) is 23.7 Å². The predicted octanol–water partition coefficient (Wildman–Crippen LogP) is 5.27. The standard InChI is InChI=1S/C29H27FN2O4S/c1-37(34,35)32(28-10-6-5-9-27(28)23-7-3-2-4-8-23)21-22-11-13-24(14-12-22)29(33)31-19-20-36-26-17-15-25(30)16-18-26/h2-18H,19-21H2,1H3,(H,31,33). The lowest BCUT2D eigenvalue weighted by Gasteiger charge is -2.25. The van der Waals surface area contributed by atoms with Crippen molar-refractivity contribution in [3.05, 3.63) is 120 Å². The summed E-state index contributed by atoms with van der Waals surface area (Å²) in [6.07, 6.45) is 1.19. The smallest absolute Gasteiger partial charge is 0.251 e. The molecule has 0 atom stereocenters. The Bertz CT molecular complexity index is 1440. The molecule has 0 radical (unpaired) electrons. The predicted molar refractivity (Wildman–Crippen MR) is 144 cm³/mol. The lowest BCUT2D eigenvalue weighted by atomic mass is 10.0. The number of nitrogens with zero attached hydrogens (tertiary/aromatic N) is 1. The van der Waals surface area contributed by atoms with Crippen molar-refractivity contribution >= 4 is 21.6 Å². The van der Waals surface area contributed by atoms with Gasteiger partial charge in [0, 0.05) is 11.1 Å². The molecule has 4 aromatic carbocycles. The number of nitrogens with one attached hydrogen (secondary N) is 1. The van der Waals surface area contributed by atoms with E-state index < -0.39 is 10.0 Å². The molecule has 0 heterocycles. The number of hydrogen-bond donors (Lipinski definition) is 1.